The van der Waals surface area contributed by atoms with E-state index in [1.807, 2.05) is 6.07 Å². The molecule has 2 rings (SSSR count). The van der Waals surface area contributed by atoms with Crippen molar-refractivity contribution in [2.75, 3.05) is 5.32 Å². The molecule has 3 N–H and O–H groups in total. The molecule has 0 bridgehead atoms. The van der Waals surface area contributed by atoms with Gasteiger partial charge in [0.1, 0.15) is 0 Å². The maximum Gasteiger partial charge on any atom is 0.252 e. The summed E-state index contributed by atoms with van der Waals surface area (Å²) in [7, 11) is 0. The van der Waals surface area contributed by atoms with E-state index in [9.17, 15) is 4.79 Å². The van der Waals surface area contributed by atoms with Gasteiger partial charge >= 0.3 is 0 Å². The van der Waals surface area contributed by atoms with Crippen molar-refractivity contribution in [3.05, 3.63) is 59.9 Å². The average molecular weight is 297 g/mol. The number of nitrogens with two attached hydrogens (primary N) is 1. The van der Waals surface area contributed by atoms with Gasteiger partial charge in [-0.25, -0.2) is 0 Å². The van der Waals surface area contributed by atoms with Gasteiger partial charge in [0.25, 0.3) is 5.91 Å². The highest BCUT2D eigenvalue weighted by molar-refractivity contribution is 5.98. The quantitative estimate of drug-likeness (QED) is 0.859. The third-order valence-corrected chi connectivity index (χ3v) is 3.86. The predicted octanol–water partition coefficient (Wildman–Crippen LogP) is 3.35. The molecule has 0 aliphatic rings. The Balaban J connectivity index is 2.10. The second kappa shape index (κ2) is 6.60. The third-order valence-electron chi connectivity index (χ3n) is 3.86. The van der Waals surface area contributed by atoms with E-state index in [-0.39, 0.29) is 11.5 Å². The van der Waals surface area contributed by atoms with E-state index in [1.54, 1.807) is 12.3 Å². The van der Waals surface area contributed by atoms with E-state index in [0.29, 0.717) is 5.56 Å². The van der Waals surface area contributed by atoms with Gasteiger partial charge in [-0.05, 0) is 30.4 Å². The van der Waals surface area contributed by atoms with Crippen LogP contribution in [0.15, 0.2) is 48.8 Å². The Morgan fingerprint density at radius 3 is 2.59 bits per heavy atom. The van der Waals surface area contributed by atoms with E-state index >= 15 is 0 Å². The Kier molecular flexibility index (Phi) is 4.81. The lowest BCUT2D eigenvalue weighted by Gasteiger charge is -2.30. The van der Waals surface area contributed by atoms with E-state index in [0.717, 1.165) is 12.1 Å². The number of hydrogen-bond acceptors (Lipinski definition) is 3. The highest BCUT2D eigenvalue weighted by Gasteiger charge is 2.23. The maximum absolute atomic E-state index is 11.5. The van der Waals surface area contributed by atoms with E-state index in [2.05, 4.69) is 55.3 Å². The fourth-order valence-corrected chi connectivity index (χ4v) is 2.81. The molecule has 1 amide bonds. The molecular formula is C18H23N3O. The van der Waals surface area contributed by atoms with E-state index in [4.69, 9.17) is 5.73 Å². The zero-order chi connectivity index (χ0) is 16.2. The minimum absolute atomic E-state index is 0.0353. The second-order valence-corrected chi connectivity index (χ2v) is 6.28. The lowest BCUT2D eigenvalue weighted by atomic mass is 9.79. The predicted molar refractivity (Wildman–Crippen MR) is 89.9 cm³/mol. The Morgan fingerprint density at radius 1 is 1.27 bits per heavy atom. The molecular weight excluding hydrogens is 274 g/mol. The van der Waals surface area contributed by atoms with Gasteiger partial charge in [-0.1, -0.05) is 44.2 Å². The van der Waals surface area contributed by atoms with Gasteiger partial charge in [0.15, 0.2) is 0 Å². The van der Waals surface area contributed by atoms with Crippen LogP contribution in [0.4, 0.5) is 5.69 Å². The fraction of sp³-hybridized carbons (Fsp3) is 0.333. The van der Waals surface area contributed by atoms with Crippen molar-refractivity contribution in [3.63, 3.8) is 0 Å². The Hall–Kier alpha value is -2.36. The van der Waals surface area contributed by atoms with Gasteiger partial charge in [0, 0.05) is 18.4 Å². The van der Waals surface area contributed by atoms with Crippen molar-refractivity contribution in [2.24, 2.45) is 5.73 Å². The van der Waals surface area contributed by atoms with Crippen LogP contribution in [-0.4, -0.2) is 16.9 Å². The van der Waals surface area contributed by atoms with Crippen LogP contribution in [0, 0.1) is 0 Å². The molecule has 1 unspecified atom stereocenters. The molecule has 0 fully saturated rings. The van der Waals surface area contributed by atoms with Gasteiger partial charge in [0.05, 0.1) is 11.3 Å². The number of amides is 1. The molecule has 2 aromatic rings. The molecule has 1 atom stereocenters. The molecule has 0 aliphatic heterocycles. The number of primary amides is 1. The number of carbonyl (C=O) groups excluding carboxylic acids is 1. The molecule has 4 nitrogen and oxygen atoms in total. The lowest BCUT2D eigenvalue weighted by molar-refractivity contribution is 0.100. The Bertz CT molecular complexity index is 638. The highest BCUT2D eigenvalue weighted by atomic mass is 16.1. The molecule has 0 saturated carbocycles. The molecule has 1 aromatic carbocycles. The van der Waals surface area contributed by atoms with Crippen LogP contribution in [0.3, 0.4) is 0 Å². The van der Waals surface area contributed by atoms with Crippen LogP contribution < -0.4 is 11.1 Å². The Morgan fingerprint density at radius 2 is 1.95 bits per heavy atom. The molecule has 0 spiro atoms. The summed E-state index contributed by atoms with van der Waals surface area (Å²) in [5, 5.41) is 3.38. The van der Waals surface area contributed by atoms with Crippen molar-refractivity contribution in [3.8, 4) is 0 Å². The van der Waals surface area contributed by atoms with Crippen LogP contribution in [0.1, 0.15) is 43.1 Å². The number of benzene rings is 1. The third kappa shape index (κ3) is 3.85. The number of rotatable bonds is 6. The zero-order valence-electron chi connectivity index (χ0n) is 13.3. The molecule has 1 heterocycles. The van der Waals surface area contributed by atoms with Crippen molar-refractivity contribution in [2.45, 2.75) is 38.6 Å². The summed E-state index contributed by atoms with van der Waals surface area (Å²) in [5.41, 5.74) is 7.88. The van der Waals surface area contributed by atoms with Gasteiger partial charge in [-0.2, -0.15) is 0 Å². The second-order valence-electron chi connectivity index (χ2n) is 6.28. The molecule has 1 aromatic heterocycles. The number of nitrogens with one attached hydrogen (secondary N) is 1. The summed E-state index contributed by atoms with van der Waals surface area (Å²) in [6.07, 6.45) is 4.08. The molecule has 0 radical (unpaired) electrons. The number of nitrogens with zero attached hydrogens (tertiary/aromatic N) is 1. The first-order valence-corrected chi connectivity index (χ1v) is 7.46. The Labute approximate surface area is 131 Å². The highest BCUT2D eigenvalue weighted by Crippen LogP contribution is 2.29. The number of anilines is 1. The molecule has 0 aliphatic carbocycles. The lowest BCUT2D eigenvalue weighted by Crippen LogP contribution is -2.28. The van der Waals surface area contributed by atoms with Crippen molar-refractivity contribution >= 4 is 11.6 Å². The minimum Gasteiger partial charge on any atom is -0.382 e. The topological polar surface area (TPSA) is 68.0 Å². The minimum atomic E-state index is -0.467. The zero-order valence-corrected chi connectivity index (χ0v) is 13.3. The summed E-state index contributed by atoms with van der Waals surface area (Å²) in [4.78, 5) is 15.4. The molecule has 0 saturated heterocycles. The smallest absolute Gasteiger partial charge is 0.252 e. The first kappa shape index (κ1) is 16.0. The normalized spacial score (nSPS) is 12.7. The number of hydrogen-bond donors (Lipinski definition) is 2. The summed E-state index contributed by atoms with van der Waals surface area (Å²) >= 11 is 0. The summed E-state index contributed by atoms with van der Waals surface area (Å²) < 4.78 is 0. The molecule has 22 heavy (non-hydrogen) atoms. The first-order valence-electron chi connectivity index (χ1n) is 7.46. The van der Waals surface area contributed by atoms with Crippen LogP contribution in [0.25, 0.3) is 0 Å². The summed E-state index contributed by atoms with van der Waals surface area (Å²) in [6.45, 7) is 6.56. The van der Waals surface area contributed by atoms with E-state index < -0.39 is 5.91 Å². The molecule has 4 heteroatoms. The first-order chi connectivity index (χ1) is 10.4. The van der Waals surface area contributed by atoms with Crippen LogP contribution in [-0.2, 0) is 5.41 Å². The largest absolute Gasteiger partial charge is 0.382 e. The van der Waals surface area contributed by atoms with Crippen molar-refractivity contribution in [1.82, 2.24) is 4.98 Å². The number of carbonyl (C=O) groups is 1. The monoisotopic (exact) mass is 297 g/mol. The van der Waals surface area contributed by atoms with Crippen molar-refractivity contribution in [1.29, 1.82) is 0 Å². The van der Waals surface area contributed by atoms with Crippen LogP contribution >= 0.6 is 0 Å². The average Bonchev–Trinajstić information content (AvgIpc) is 2.48. The number of aromatic nitrogens is 1. The van der Waals surface area contributed by atoms with Crippen molar-refractivity contribution < 1.29 is 4.79 Å². The SMILES string of the molecule is CC(CC(C)(C)c1ccccc1)Nc1ccncc1C(N)=O. The maximum atomic E-state index is 11.5. The van der Waals surface area contributed by atoms with Gasteiger partial charge in [-0.15, -0.1) is 0 Å². The summed E-state index contributed by atoms with van der Waals surface area (Å²) in [5.74, 6) is -0.467. The fourth-order valence-electron chi connectivity index (χ4n) is 2.81. The van der Waals surface area contributed by atoms with Crippen LogP contribution in [0.5, 0.6) is 0 Å². The summed E-state index contributed by atoms with van der Waals surface area (Å²) in [6, 6.07) is 12.4. The van der Waals surface area contributed by atoms with Gasteiger partial charge in [0.2, 0.25) is 0 Å². The van der Waals surface area contributed by atoms with E-state index in [1.165, 1.54) is 11.8 Å². The van der Waals surface area contributed by atoms with Gasteiger partial charge < -0.3 is 11.1 Å². The molecule has 116 valence electrons. The van der Waals surface area contributed by atoms with Crippen LogP contribution in [0.2, 0.25) is 0 Å². The van der Waals surface area contributed by atoms with Gasteiger partial charge in [-0.3, -0.25) is 9.78 Å². The standard InChI is InChI=1S/C18H23N3O/c1-13(11-18(2,3)14-7-5-4-6-8-14)21-16-9-10-20-12-15(16)17(19)22/h4-10,12-13H,11H2,1-3H3,(H2,19,22)(H,20,21). The number of pyridine rings is 1.